The molecule has 0 aromatic carbocycles. The Hall–Kier alpha value is -2.28. The molecule has 2 aromatic heterocycles. The van der Waals surface area contributed by atoms with Gasteiger partial charge in [0.1, 0.15) is 18.1 Å². The van der Waals surface area contributed by atoms with E-state index in [0.717, 1.165) is 0 Å². The first-order valence-electron chi connectivity index (χ1n) is 3.94. The molecule has 0 bridgehead atoms. The van der Waals surface area contributed by atoms with Crippen LogP contribution in [0, 0.1) is 11.3 Å². The van der Waals surface area contributed by atoms with E-state index in [1.54, 1.807) is 42.9 Å². The molecule has 0 saturated carbocycles. The summed E-state index contributed by atoms with van der Waals surface area (Å²) in [6.07, 6.45) is 6.47. The van der Waals surface area contributed by atoms with Crippen molar-refractivity contribution >= 4 is 0 Å². The van der Waals surface area contributed by atoms with Crippen LogP contribution in [0.3, 0.4) is 0 Å². The molecule has 0 amide bonds. The van der Waals surface area contributed by atoms with Crippen molar-refractivity contribution in [2.45, 2.75) is 0 Å². The zero-order chi connectivity index (χ0) is 10.1. The molecule has 0 fully saturated rings. The molecule has 2 rings (SSSR count). The van der Waals surface area contributed by atoms with Gasteiger partial charge in [-0.15, -0.1) is 0 Å². The predicted molar refractivity (Wildman–Crippen MR) is 51.0 cm³/mol. The van der Waals surface area contributed by atoms with E-state index in [2.05, 4.69) is 15.0 Å². The topological polar surface area (TPSA) is 62.5 Å². The highest BCUT2D eigenvalue weighted by Gasteiger charge is 1.81. The first kappa shape index (κ1) is 9.81. The van der Waals surface area contributed by atoms with Crippen molar-refractivity contribution < 1.29 is 0 Å². The monoisotopic (exact) mass is 184 g/mol. The van der Waals surface area contributed by atoms with E-state index in [1.165, 1.54) is 6.33 Å². The van der Waals surface area contributed by atoms with Crippen LogP contribution in [0.15, 0.2) is 49.2 Å². The Kier molecular flexibility index (Phi) is 4.38. The Morgan fingerprint density at radius 2 is 1.79 bits per heavy atom. The van der Waals surface area contributed by atoms with Crippen LogP contribution >= 0.6 is 0 Å². The fraction of sp³-hybridized carbons (Fsp3) is 0. The second kappa shape index (κ2) is 6.26. The molecule has 0 unspecified atom stereocenters. The lowest BCUT2D eigenvalue weighted by Gasteiger charge is -1.79. The minimum absolute atomic E-state index is 0.465. The highest BCUT2D eigenvalue weighted by Crippen LogP contribution is 1.86. The molecule has 0 aliphatic carbocycles. The van der Waals surface area contributed by atoms with E-state index in [4.69, 9.17) is 5.26 Å². The Morgan fingerprint density at radius 3 is 2.07 bits per heavy atom. The molecule has 2 heterocycles. The van der Waals surface area contributed by atoms with Crippen molar-refractivity contribution in [2.75, 3.05) is 0 Å². The number of nitriles is 1. The van der Waals surface area contributed by atoms with Crippen LogP contribution in [0.1, 0.15) is 5.69 Å². The molecule has 0 aliphatic rings. The lowest BCUT2D eigenvalue weighted by Crippen LogP contribution is -1.75. The van der Waals surface area contributed by atoms with Gasteiger partial charge in [0.05, 0.1) is 0 Å². The van der Waals surface area contributed by atoms with Gasteiger partial charge in [0, 0.05) is 18.6 Å². The number of hydrogen-bond donors (Lipinski definition) is 0. The Bertz CT molecular complexity index is 353. The quantitative estimate of drug-likeness (QED) is 0.621. The van der Waals surface area contributed by atoms with E-state index < -0.39 is 0 Å². The molecule has 0 N–H and O–H groups in total. The molecule has 4 nitrogen and oxygen atoms in total. The van der Waals surface area contributed by atoms with E-state index >= 15 is 0 Å². The van der Waals surface area contributed by atoms with Crippen molar-refractivity contribution in [1.29, 1.82) is 5.26 Å². The van der Waals surface area contributed by atoms with Gasteiger partial charge in [0.2, 0.25) is 0 Å². The standard InChI is InChI=1S/C6H4N2.C4H4N2/c7-5-6-3-1-2-4-8-6;1-2-5-4-6-3-1/h1-4H;1-4H. The van der Waals surface area contributed by atoms with Crippen LogP contribution in [-0.4, -0.2) is 15.0 Å². The van der Waals surface area contributed by atoms with Gasteiger partial charge in [-0.2, -0.15) is 5.26 Å². The zero-order valence-electron chi connectivity index (χ0n) is 7.41. The highest BCUT2D eigenvalue weighted by atomic mass is 14.8. The number of nitrogens with zero attached hydrogens (tertiary/aromatic N) is 4. The minimum Gasteiger partial charge on any atom is -0.246 e. The smallest absolute Gasteiger partial charge is 0.140 e. The van der Waals surface area contributed by atoms with Gasteiger partial charge in [-0.25, -0.2) is 15.0 Å². The third-order valence-electron chi connectivity index (χ3n) is 1.26. The fourth-order valence-corrected chi connectivity index (χ4v) is 0.682. The summed E-state index contributed by atoms with van der Waals surface area (Å²) in [4.78, 5) is 11.1. The van der Waals surface area contributed by atoms with Crippen molar-refractivity contribution in [1.82, 2.24) is 15.0 Å². The van der Waals surface area contributed by atoms with E-state index in [-0.39, 0.29) is 0 Å². The second-order valence-electron chi connectivity index (χ2n) is 2.23. The number of rotatable bonds is 0. The fourth-order valence-electron chi connectivity index (χ4n) is 0.682. The van der Waals surface area contributed by atoms with Gasteiger partial charge in [-0.05, 0) is 18.2 Å². The van der Waals surface area contributed by atoms with Crippen LogP contribution in [0.25, 0.3) is 0 Å². The predicted octanol–water partition coefficient (Wildman–Crippen LogP) is 1.43. The molecule has 0 spiro atoms. The van der Waals surface area contributed by atoms with Crippen LogP contribution in [-0.2, 0) is 0 Å². The summed E-state index contributed by atoms with van der Waals surface area (Å²) in [6, 6.07) is 8.92. The molecule has 14 heavy (non-hydrogen) atoms. The molecule has 0 saturated heterocycles. The summed E-state index contributed by atoms with van der Waals surface area (Å²) >= 11 is 0. The van der Waals surface area contributed by atoms with Crippen molar-refractivity contribution in [3.63, 3.8) is 0 Å². The summed E-state index contributed by atoms with van der Waals surface area (Å²) in [7, 11) is 0. The number of aromatic nitrogens is 3. The molecule has 0 aliphatic heterocycles. The maximum Gasteiger partial charge on any atom is 0.140 e. The molecule has 0 radical (unpaired) electrons. The number of pyridine rings is 1. The molecule has 68 valence electrons. The molecule has 2 aromatic rings. The van der Waals surface area contributed by atoms with E-state index in [9.17, 15) is 0 Å². The summed E-state index contributed by atoms with van der Waals surface area (Å²) in [5.74, 6) is 0. The summed E-state index contributed by atoms with van der Waals surface area (Å²) < 4.78 is 0. The Morgan fingerprint density at radius 1 is 1.00 bits per heavy atom. The molecule has 4 heteroatoms. The van der Waals surface area contributed by atoms with Gasteiger partial charge >= 0.3 is 0 Å². The normalized spacial score (nSPS) is 7.93. The van der Waals surface area contributed by atoms with Crippen molar-refractivity contribution in [3.8, 4) is 6.07 Å². The summed E-state index contributed by atoms with van der Waals surface area (Å²) in [6.45, 7) is 0. The van der Waals surface area contributed by atoms with Crippen LogP contribution in [0.2, 0.25) is 0 Å². The zero-order valence-corrected chi connectivity index (χ0v) is 7.41. The third-order valence-corrected chi connectivity index (χ3v) is 1.26. The largest absolute Gasteiger partial charge is 0.246 e. The first-order chi connectivity index (χ1) is 6.93. The Labute approximate surface area is 81.9 Å². The summed E-state index contributed by atoms with van der Waals surface area (Å²) in [5, 5.41) is 8.23. The second-order valence-corrected chi connectivity index (χ2v) is 2.23. The van der Waals surface area contributed by atoms with E-state index in [1.807, 2.05) is 6.07 Å². The lowest BCUT2D eigenvalue weighted by atomic mass is 10.4. The Balaban J connectivity index is 0.000000146. The summed E-state index contributed by atoms with van der Waals surface area (Å²) in [5.41, 5.74) is 0.465. The molecular formula is C10H8N4. The number of hydrogen-bond acceptors (Lipinski definition) is 4. The lowest BCUT2D eigenvalue weighted by molar-refractivity contribution is 1.17. The van der Waals surface area contributed by atoms with Crippen LogP contribution in [0.4, 0.5) is 0 Å². The maximum absolute atomic E-state index is 8.23. The van der Waals surface area contributed by atoms with E-state index in [0.29, 0.717) is 5.69 Å². The molecule has 0 atom stereocenters. The van der Waals surface area contributed by atoms with Gasteiger partial charge < -0.3 is 0 Å². The van der Waals surface area contributed by atoms with Crippen LogP contribution < -0.4 is 0 Å². The van der Waals surface area contributed by atoms with Gasteiger partial charge in [0.15, 0.2) is 0 Å². The molecular weight excluding hydrogens is 176 g/mol. The third kappa shape index (κ3) is 3.93. The van der Waals surface area contributed by atoms with Gasteiger partial charge in [-0.3, -0.25) is 0 Å². The average molecular weight is 184 g/mol. The SMILES string of the molecule is N#Cc1ccccn1.c1cncnc1. The van der Waals surface area contributed by atoms with Crippen molar-refractivity contribution in [3.05, 3.63) is 54.9 Å². The first-order valence-corrected chi connectivity index (χ1v) is 3.94. The van der Waals surface area contributed by atoms with Crippen LogP contribution in [0.5, 0.6) is 0 Å². The van der Waals surface area contributed by atoms with Crippen molar-refractivity contribution in [2.24, 2.45) is 0 Å². The maximum atomic E-state index is 8.23. The minimum atomic E-state index is 0.465. The van der Waals surface area contributed by atoms with Gasteiger partial charge in [-0.1, -0.05) is 6.07 Å². The van der Waals surface area contributed by atoms with Gasteiger partial charge in [0.25, 0.3) is 0 Å². The average Bonchev–Trinajstić information content (AvgIpc) is 2.33. The highest BCUT2D eigenvalue weighted by molar-refractivity contribution is 5.18.